The second-order valence-electron chi connectivity index (χ2n) is 2.52. The first-order valence-electron chi connectivity index (χ1n) is 2.67. The molecule has 1 aliphatic heterocycles. The molecule has 0 aromatic rings. The van der Waals surface area contributed by atoms with Gasteiger partial charge in [0, 0.05) is 0 Å². The van der Waals surface area contributed by atoms with Crippen LogP contribution in [0.15, 0.2) is 0 Å². The van der Waals surface area contributed by atoms with Crippen LogP contribution in [0.3, 0.4) is 0 Å². The smallest absolute Gasteiger partial charge is 0.160 e. The van der Waals surface area contributed by atoms with Gasteiger partial charge in [0.25, 0.3) is 0 Å². The Morgan fingerprint density at radius 2 is 2.25 bits per heavy atom. The molecule has 0 aromatic carbocycles. The summed E-state index contributed by atoms with van der Waals surface area (Å²) in [6, 6.07) is 0. The van der Waals surface area contributed by atoms with E-state index in [-0.39, 0.29) is 10.6 Å². The SMILES string of the molecule is O=[N+]([O-])N1CC12CC2. The molecule has 4 heteroatoms. The van der Waals surface area contributed by atoms with Gasteiger partial charge in [0.2, 0.25) is 0 Å². The summed E-state index contributed by atoms with van der Waals surface area (Å²) in [7, 11) is 0. The largest absolute Gasteiger partial charge is 0.235 e. The lowest BCUT2D eigenvalue weighted by molar-refractivity contribution is -0.622. The molecule has 0 atom stereocenters. The van der Waals surface area contributed by atoms with E-state index in [1.54, 1.807) is 0 Å². The van der Waals surface area contributed by atoms with Crippen molar-refractivity contribution in [3.8, 4) is 0 Å². The third-order valence-corrected chi connectivity index (χ3v) is 1.91. The summed E-state index contributed by atoms with van der Waals surface area (Å²) in [4.78, 5) is 9.95. The van der Waals surface area contributed by atoms with Gasteiger partial charge in [-0.05, 0) is 12.8 Å². The maximum Gasteiger partial charge on any atom is 0.160 e. The van der Waals surface area contributed by atoms with Crippen molar-refractivity contribution in [3.05, 3.63) is 10.1 Å². The molecule has 0 aromatic heterocycles. The zero-order valence-corrected chi connectivity index (χ0v) is 4.33. The van der Waals surface area contributed by atoms with Gasteiger partial charge in [0.05, 0.1) is 0 Å². The highest BCUT2D eigenvalue weighted by atomic mass is 16.7. The Bertz CT molecular complexity index is 152. The molecule has 0 unspecified atom stereocenters. The van der Waals surface area contributed by atoms with Gasteiger partial charge in [0.15, 0.2) is 5.03 Å². The lowest BCUT2D eigenvalue weighted by Crippen LogP contribution is -2.10. The summed E-state index contributed by atoms with van der Waals surface area (Å²) in [5, 5.41) is 11.0. The van der Waals surface area contributed by atoms with Gasteiger partial charge in [-0.3, -0.25) is 0 Å². The van der Waals surface area contributed by atoms with Crippen molar-refractivity contribution in [2.45, 2.75) is 18.4 Å². The first kappa shape index (κ1) is 4.12. The van der Waals surface area contributed by atoms with Crippen molar-refractivity contribution in [2.75, 3.05) is 6.54 Å². The van der Waals surface area contributed by atoms with Gasteiger partial charge in [0.1, 0.15) is 12.1 Å². The first-order valence-corrected chi connectivity index (χ1v) is 2.67. The van der Waals surface area contributed by atoms with Gasteiger partial charge >= 0.3 is 0 Å². The fourth-order valence-corrected chi connectivity index (χ4v) is 1.03. The van der Waals surface area contributed by atoms with Crippen LogP contribution in [0, 0.1) is 10.1 Å². The van der Waals surface area contributed by atoms with Crippen molar-refractivity contribution >= 4 is 0 Å². The average molecular weight is 114 g/mol. The van der Waals surface area contributed by atoms with Gasteiger partial charge in [-0.1, -0.05) is 0 Å². The Kier molecular flexibility index (Phi) is 0.428. The van der Waals surface area contributed by atoms with E-state index in [0.717, 1.165) is 12.8 Å². The molecular weight excluding hydrogens is 108 g/mol. The lowest BCUT2D eigenvalue weighted by Gasteiger charge is -1.86. The standard InChI is InChI=1S/C4H6N2O2/c7-6(8)5-3-4(5)1-2-4/h1-3H2. The molecule has 8 heavy (non-hydrogen) atoms. The summed E-state index contributed by atoms with van der Waals surface area (Å²) in [5.74, 6) is 0. The van der Waals surface area contributed by atoms with Crippen LogP contribution in [0.25, 0.3) is 0 Å². The second-order valence-corrected chi connectivity index (χ2v) is 2.52. The molecule has 1 saturated carbocycles. The molecule has 2 fully saturated rings. The summed E-state index contributed by atoms with van der Waals surface area (Å²) in [6.07, 6.45) is 2.07. The predicted octanol–water partition coefficient (Wildman–Crippen LogP) is 0.0263. The fraction of sp³-hybridized carbons (Fsp3) is 1.00. The quantitative estimate of drug-likeness (QED) is 0.274. The van der Waals surface area contributed by atoms with E-state index in [0.29, 0.717) is 6.54 Å². The molecule has 1 saturated heterocycles. The van der Waals surface area contributed by atoms with Crippen LogP contribution >= 0.6 is 0 Å². The summed E-state index contributed by atoms with van der Waals surface area (Å²) >= 11 is 0. The summed E-state index contributed by atoms with van der Waals surface area (Å²) < 4.78 is 0. The highest BCUT2D eigenvalue weighted by Gasteiger charge is 2.69. The molecule has 4 nitrogen and oxygen atoms in total. The van der Waals surface area contributed by atoms with Crippen LogP contribution in [0.1, 0.15) is 12.8 Å². The predicted molar refractivity (Wildman–Crippen MR) is 25.7 cm³/mol. The van der Waals surface area contributed by atoms with Crippen molar-refractivity contribution in [1.29, 1.82) is 0 Å². The van der Waals surface area contributed by atoms with E-state index in [9.17, 15) is 10.1 Å². The molecule has 2 aliphatic rings. The van der Waals surface area contributed by atoms with Crippen LogP contribution in [0.4, 0.5) is 0 Å². The fourth-order valence-electron chi connectivity index (χ4n) is 1.03. The molecule has 0 radical (unpaired) electrons. The Morgan fingerprint density at radius 1 is 1.62 bits per heavy atom. The number of hydrogen-bond acceptors (Lipinski definition) is 2. The Labute approximate surface area is 46.2 Å². The Hall–Kier alpha value is -0.800. The third-order valence-electron chi connectivity index (χ3n) is 1.91. The first-order chi connectivity index (χ1) is 3.75. The third kappa shape index (κ3) is 0.310. The molecule has 44 valence electrons. The number of hydrazine groups is 1. The van der Waals surface area contributed by atoms with Crippen molar-refractivity contribution in [3.63, 3.8) is 0 Å². The molecule has 0 bridgehead atoms. The number of nitro groups is 1. The van der Waals surface area contributed by atoms with Crippen LogP contribution in [-0.2, 0) is 0 Å². The highest BCUT2D eigenvalue weighted by Crippen LogP contribution is 2.53. The highest BCUT2D eigenvalue weighted by molar-refractivity contribution is 5.14. The van der Waals surface area contributed by atoms with E-state index >= 15 is 0 Å². The van der Waals surface area contributed by atoms with Crippen LogP contribution in [-0.4, -0.2) is 22.1 Å². The molecule has 0 N–H and O–H groups in total. The minimum absolute atomic E-state index is 0.0729. The molecule has 1 spiro atoms. The van der Waals surface area contributed by atoms with E-state index in [1.165, 1.54) is 5.01 Å². The topological polar surface area (TPSA) is 46.1 Å². The maximum absolute atomic E-state index is 9.95. The van der Waals surface area contributed by atoms with E-state index < -0.39 is 0 Å². The van der Waals surface area contributed by atoms with Gasteiger partial charge < -0.3 is 0 Å². The van der Waals surface area contributed by atoms with Gasteiger partial charge in [-0.2, -0.15) is 0 Å². The molecule has 1 aliphatic carbocycles. The van der Waals surface area contributed by atoms with Gasteiger partial charge in [-0.25, -0.2) is 10.1 Å². The van der Waals surface area contributed by atoms with Crippen LogP contribution in [0.5, 0.6) is 0 Å². The van der Waals surface area contributed by atoms with Crippen molar-refractivity contribution in [2.24, 2.45) is 0 Å². The zero-order valence-electron chi connectivity index (χ0n) is 4.33. The number of nitrogens with zero attached hydrogens (tertiary/aromatic N) is 2. The minimum atomic E-state index is -0.299. The van der Waals surface area contributed by atoms with E-state index in [1.807, 2.05) is 0 Å². The van der Waals surface area contributed by atoms with E-state index in [2.05, 4.69) is 0 Å². The molecule has 0 amide bonds. The normalized spacial score (nSPS) is 28.2. The van der Waals surface area contributed by atoms with Crippen LogP contribution < -0.4 is 0 Å². The minimum Gasteiger partial charge on any atom is -0.235 e. The average Bonchev–Trinajstić information content (AvgIpc) is 2.50. The van der Waals surface area contributed by atoms with Crippen LogP contribution in [0.2, 0.25) is 0 Å². The molecular formula is C4H6N2O2. The van der Waals surface area contributed by atoms with Crippen molar-refractivity contribution < 1.29 is 5.03 Å². The van der Waals surface area contributed by atoms with Crippen molar-refractivity contribution in [1.82, 2.24) is 5.01 Å². The summed E-state index contributed by atoms with van der Waals surface area (Å²) in [6.45, 7) is 0.694. The zero-order chi connectivity index (χ0) is 5.78. The Balaban J connectivity index is 2.06. The lowest BCUT2D eigenvalue weighted by atomic mass is 10.5. The monoisotopic (exact) mass is 114 g/mol. The number of rotatable bonds is 1. The Morgan fingerprint density at radius 3 is 2.38 bits per heavy atom. The second kappa shape index (κ2) is 0.831. The number of hydrogen-bond donors (Lipinski definition) is 0. The van der Waals surface area contributed by atoms with E-state index in [4.69, 9.17) is 0 Å². The molecule has 2 rings (SSSR count). The maximum atomic E-state index is 9.95. The summed E-state index contributed by atoms with van der Waals surface area (Å²) in [5.41, 5.74) is 0.0729. The molecule has 1 heterocycles. The van der Waals surface area contributed by atoms with Gasteiger partial charge in [-0.15, -0.1) is 5.01 Å².